The highest BCUT2D eigenvalue weighted by atomic mass is 15.0. The van der Waals surface area contributed by atoms with Crippen LogP contribution < -0.4 is 0 Å². The molecule has 2 aromatic heterocycles. The largest absolute Gasteiger partial charge is 0.313 e. The second-order valence-electron chi connectivity index (χ2n) is 12.7. The maximum atomic E-state index is 2.56. The first-order valence-corrected chi connectivity index (χ1v) is 16.3. The maximum Gasteiger partial charge on any atom is 0.0559 e. The molecule has 1 unspecified atom stereocenters. The molecule has 0 aliphatic heterocycles. The number of fused-ring (bicyclic) bond motifs is 7. The summed E-state index contributed by atoms with van der Waals surface area (Å²) in [6.45, 7) is 0. The molecule has 4 aromatic carbocycles. The molecule has 10 rings (SSSR count). The van der Waals surface area contributed by atoms with Crippen molar-refractivity contribution in [1.29, 1.82) is 0 Å². The zero-order valence-electron chi connectivity index (χ0n) is 25.1. The minimum atomic E-state index is 0.347. The fourth-order valence-electron chi connectivity index (χ4n) is 8.15. The Morgan fingerprint density at radius 3 is 1.98 bits per heavy atom. The molecule has 4 aliphatic rings. The van der Waals surface area contributed by atoms with Gasteiger partial charge in [0.2, 0.25) is 0 Å². The average Bonchev–Trinajstić information content (AvgIpc) is 3.63. The third-order valence-corrected chi connectivity index (χ3v) is 10.3. The number of aromatic nitrogens is 2. The van der Waals surface area contributed by atoms with Gasteiger partial charge in [-0.1, -0.05) is 109 Å². The molecule has 2 heterocycles. The van der Waals surface area contributed by atoms with Gasteiger partial charge in [0.15, 0.2) is 0 Å². The number of hydrogen-bond donors (Lipinski definition) is 0. The summed E-state index contributed by atoms with van der Waals surface area (Å²) < 4.78 is 5.11. The summed E-state index contributed by atoms with van der Waals surface area (Å²) >= 11 is 0. The normalized spacial score (nSPS) is 19.2. The monoisotopic (exact) mass is 576 g/mol. The van der Waals surface area contributed by atoms with Gasteiger partial charge in [-0.3, -0.25) is 0 Å². The zero-order valence-corrected chi connectivity index (χ0v) is 25.1. The Bertz CT molecular complexity index is 2460. The van der Waals surface area contributed by atoms with Crippen molar-refractivity contribution in [1.82, 2.24) is 9.13 Å². The summed E-state index contributed by atoms with van der Waals surface area (Å²) in [4.78, 5) is 0. The molecule has 0 amide bonds. The SMILES string of the molecule is C1=CCCC(C2=CC=C(n3c4ccccc4c4cc5c6ccccc6n(C6=C7C(c8ccccc8)=CC=CC76)c5cc43)CC2)=C1. The molecule has 0 bridgehead atoms. The molecule has 0 saturated heterocycles. The summed E-state index contributed by atoms with van der Waals surface area (Å²) in [5.41, 5.74) is 15.0. The fourth-order valence-corrected chi connectivity index (χ4v) is 8.15. The summed E-state index contributed by atoms with van der Waals surface area (Å²) in [7, 11) is 0. The van der Waals surface area contributed by atoms with Crippen LogP contribution in [0.3, 0.4) is 0 Å². The van der Waals surface area contributed by atoms with Crippen LogP contribution in [0.4, 0.5) is 0 Å². The van der Waals surface area contributed by atoms with Crippen molar-refractivity contribution < 1.29 is 0 Å². The minimum Gasteiger partial charge on any atom is -0.313 e. The highest BCUT2D eigenvalue weighted by molar-refractivity contribution is 6.21. The van der Waals surface area contributed by atoms with E-state index < -0.39 is 0 Å². The van der Waals surface area contributed by atoms with Gasteiger partial charge in [0.25, 0.3) is 0 Å². The van der Waals surface area contributed by atoms with Gasteiger partial charge in [-0.05, 0) is 83.9 Å². The third-order valence-electron chi connectivity index (χ3n) is 10.3. The second-order valence-corrected chi connectivity index (χ2v) is 12.7. The van der Waals surface area contributed by atoms with Crippen LogP contribution in [0.5, 0.6) is 0 Å². The van der Waals surface area contributed by atoms with Crippen molar-refractivity contribution in [3.05, 3.63) is 162 Å². The zero-order chi connectivity index (χ0) is 29.5. The van der Waals surface area contributed by atoms with Crippen LogP contribution in [0.2, 0.25) is 0 Å². The van der Waals surface area contributed by atoms with Gasteiger partial charge in [-0.15, -0.1) is 0 Å². The molecule has 0 radical (unpaired) electrons. The van der Waals surface area contributed by atoms with Crippen molar-refractivity contribution in [2.24, 2.45) is 5.92 Å². The lowest BCUT2D eigenvalue weighted by atomic mass is 9.90. The Morgan fingerprint density at radius 2 is 1.24 bits per heavy atom. The first kappa shape index (κ1) is 25.0. The van der Waals surface area contributed by atoms with E-state index in [1.807, 2.05) is 0 Å². The Kier molecular flexibility index (Phi) is 5.33. The van der Waals surface area contributed by atoms with Gasteiger partial charge in [0, 0.05) is 38.9 Å². The number of benzene rings is 4. The van der Waals surface area contributed by atoms with Crippen molar-refractivity contribution in [2.75, 3.05) is 0 Å². The first-order chi connectivity index (χ1) is 22.3. The van der Waals surface area contributed by atoms with E-state index in [1.54, 1.807) is 0 Å². The lowest BCUT2D eigenvalue weighted by Crippen LogP contribution is -2.03. The molecule has 4 aliphatic carbocycles. The number of nitrogens with zero attached hydrogens (tertiary/aromatic N) is 2. The topological polar surface area (TPSA) is 9.86 Å². The van der Waals surface area contributed by atoms with Gasteiger partial charge in [-0.2, -0.15) is 0 Å². The van der Waals surface area contributed by atoms with Crippen molar-refractivity contribution in [3.63, 3.8) is 0 Å². The van der Waals surface area contributed by atoms with Crippen molar-refractivity contribution >= 4 is 60.6 Å². The lowest BCUT2D eigenvalue weighted by molar-refractivity contribution is 0.885. The molecular formula is C43H32N2. The highest BCUT2D eigenvalue weighted by Crippen LogP contribution is 2.56. The van der Waals surface area contributed by atoms with Gasteiger partial charge < -0.3 is 9.13 Å². The molecule has 214 valence electrons. The van der Waals surface area contributed by atoms with Gasteiger partial charge in [0.1, 0.15) is 0 Å². The average molecular weight is 577 g/mol. The van der Waals surface area contributed by atoms with E-state index in [1.165, 1.54) is 82.9 Å². The lowest BCUT2D eigenvalue weighted by Gasteiger charge is -2.20. The van der Waals surface area contributed by atoms with E-state index in [4.69, 9.17) is 0 Å². The Balaban J connectivity index is 1.22. The predicted molar refractivity (Wildman–Crippen MR) is 191 cm³/mol. The Morgan fingerprint density at radius 1 is 0.533 bits per heavy atom. The second kappa shape index (κ2) is 9.58. The molecule has 0 N–H and O–H groups in total. The van der Waals surface area contributed by atoms with Crippen LogP contribution in [0.1, 0.15) is 31.2 Å². The van der Waals surface area contributed by atoms with Crippen LogP contribution in [-0.4, -0.2) is 9.13 Å². The van der Waals surface area contributed by atoms with E-state index in [2.05, 4.69) is 149 Å². The quantitative estimate of drug-likeness (QED) is 0.198. The van der Waals surface area contributed by atoms with Crippen LogP contribution >= 0.6 is 0 Å². The Hall–Kier alpha value is -5.34. The summed E-state index contributed by atoms with van der Waals surface area (Å²) in [5.74, 6) is 0.347. The van der Waals surface area contributed by atoms with E-state index in [0.29, 0.717) is 5.92 Å². The number of rotatable bonds is 4. The van der Waals surface area contributed by atoms with Gasteiger partial charge >= 0.3 is 0 Å². The van der Waals surface area contributed by atoms with E-state index in [9.17, 15) is 0 Å². The van der Waals surface area contributed by atoms with E-state index in [0.717, 1.165) is 25.7 Å². The third kappa shape index (κ3) is 3.69. The fraction of sp³-hybridized carbons (Fsp3) is 0.116. The number of hydrogen-bond acceptors (Lipinski definition) is 0. The molecule has 45 heavy (non-hydrogen) atoms. The molecular weight excluding hydrogens is 544 g/mol. The first-order valence-electron chi connectivity index (χ1n) is 16.3. The molecule has 0 fully saturated rings. The molecule has 2 nitrogen and oxygen atoms in total. The predicted octanol–water partition coefficient (Wildman–Crippen LogP) is 11.2. The molecule has 2 heteroatoms. The van der Waals surface area contributed by atoms with Crippen LogP contribution in [0, 0.1) is 5.92 Å². The maximum absolute atomic E-state index is 2.56. The van der Waals surface area contributed by atoms with Crippen LogP contribution in [0.25, 0.3) is 60.6 Å². The smallest absolute Gasteiger partial charge is 0.0559 e. The summed E-state index contributed by atoms with van der Waals surface area (Å²) in [6, 6.07) is 33.7. The summed E-state index contributed by atoms with van der Waals surface area (Å²) in [5, 5.41) is 5.29. The molecule has 0 spiro atoms. The van der Waals surface area contributed by atoms with E-state index >= 15 is 0 Å². The molecule has 1 atom stereocenters. The minimum absolute atomic E-state index is 0.347. The summed E-state index contributed by atoms with van der Waals surface area (Å²) in [6.07, 6.45) is 22.9. The molecule has 6 aromatic rings. The molecule has 0 saturated carbocycles. The number of para-hydroxylation sites is 2. The van der Waals surface area contributed by atoms with Gasteiger partial charge in [0.05, 0.1) is 22.1 Å². The van der Waals surface area contributed by atoms with Crippen LogP contribution in [0.15, 0.2) is 156 Å². The number of allylic oxidation sites excluding steroid dienone is 14. The van der Waals surface area contributed by atoms with Crippen LogP contribution in [-0.2, 0) is 0 Å². The van der Waals surface area contributed by atoms with Crippen molar-refractivity contribution in [3.8, 4) is 0 Å². The highest BCUT2D eigenvalue weighted by Gasteiger charge is 2.41. The van der Waals surface area contributed by atoms with E-state index in [-0.39, 0.29) is 0 Å². The standard InChI is InChI=1S/C43H32N2/c1-3-12-28(13-4-1)29-22-24-31(25-23-29)44-38-20-9-7-16-33(38)36-26-37-34-17-8-10-21-39(34)45(41(37)27-40(36)44)43-35-19-11-18-32(42(35)43)30-14-5-2-6-15-30/h1-3,5-12,14-22,24,26-27,35H,4,13,23,25H2. The van der Waals surface area contributed by atoms with Gasteiger partial charge in [-0.25, -0.2) is 0 Å². The Labute approximate surface area is 262 Å². The van der Waals surface area contributed by atoms with Crippen molar-refractivity contribution in [2.45, 2.75) is 25.7 Å².